The molecule has 0 amide bonds. The summed E-state index contributed by atoms with van der Waals surface area (Å²) in [7, 11) is 0. The Bertz CT molecular complexity index is 654. The van der Waals surface area contributed by atoms with Crippen LogP contribution in [0.2, 0.25) is 0 Å². The zero-order chi connectivity index (χ0) is 15.8. The molecule has 1 N–H and O–H groups in total. The molecule has 0 atom stereocenters. The number of halogens is 3. The Labute approximate surface area is 129 Å². The van der Waals surface area contributed by atoms with E-state index >= 15 is 0 Å². The van der Waals surface area contributed by atoms with Crippen LogP contribution in [-0.4, -0.2) is 17.0 Å². The molecule has 1 heterocycles. The van der Waals surface area contributed by atoms with Crippen LogP contribution in [0.25, 0.3) is 0 Å². The van der Waals surface area contributed by atoms with Gasteiger partial charge in [0.2, 0.25) is 0 Å². The summed E-state index contributed by atoms with van der Waals surface area (Å²) in [5.41, 5.74) is 3.63. The second kappa shape index (κ2) is 8.28. The number of benzene rings is 1. The van der Waals surface area contributed by atoms with Crippen LogP contribution in [0, 0.1) is 0 Å². The van der Waals surface area contributed by atoms with E-state index < -0.39 is 11.9 Å². The number of para-hydroxylation sites is 1. The molecule has 0 saturated carbocycles. The average molecular weight is 327 g/mol. The van der Waals surface area contributed by atoms with E-state index in [0.29, 0.717) is 5.76 Å². The maximum Gasteiger partial charge on any atom is 0.301 e. The van der Waals surface area contributed by atoms with Crippen molar-refractivity contribution in [3.05, 3.63) is 54.2 Å². The minimum atomic E-state index is -2.28. The van der Waals surface area contributed by atoms with Gasteiger partial charge in [0.1, 0.15) is 0 Å². The summed E-state index contributed by atoms with van der Waals surface area (Å²) in [5.74, 6) is -0.894. The summed E-state index contributed by atoms with van der Waals surface area (Å²) in [6.07, 6.45) is 0.230. The van der Waals surface area contributed by atoms with Crippen molar-refractivity contribution in [2.75, 3.05) is 11.2 Å². The molecule has 8 heteroatoms. The maximum absolute atomic E-state index is 12.6. The number of allylic oxidation sites excluding steroid dienone is 1. The highest BCUT2D eigenvalue weighted by molar-refractivity contribution is 7.99. The van der Waals surface area contributed by atoms with Crippen molar-refractivity contribution in [2.45, 2.75) is 11.6 Å². The van der Waals surface area contributed by atoms with Crippen LogP contribution in [0.15, 0.2) is 63.2 Å². The van der Waals surface area contributed by atoms with Crippen LogP contribution < -0.4 is 5.43 Å². The van der Waals surface area contributed by atoms with Crippen molar-refractivity contribution in [2.24, 2.45) is 5.10 Å². The molecule has 0 spiro atoms. The lowest BCUT2D eigenvalue weighted by Crippen LogP contribution is -1.88. The van der Waals surface area contributed by atoms with Gasteiger partial charge in [0, 0.05) is 12.2 Å². The molecule has 0 unspecified atom stereocenters. The van der Waals surface area contributed by atoms with Gasteiger partial charge < -0.3 is 4.42 Å². The van der Waals surface area contributed by atoms with Gasteiger partial charge in [-0.1, -0.05) is 30.0 Å². The number of oxazole rings is 1. The largest absolute Gasteiger partial charge is 0.430 e. The number of anilines is 1. The van der Waals surface area contributed by atoms with Crippen molar-refractivity contribution in [3.63, 3.8) is 0 Å². The Morgan fingerprint density at radius 2 is 2.05 bits per heavy atom. The highest BCUT2D eigenvalue weighted by Crippen LogP contribution is 2.22. The Balaban J connectivity index is 1.80. The Morgan fingerprint density at radius 3 is 2.77 bits per heavy atom. The molecule has 0 radical (unpaired) electrons. The first kappa shape index (κ1) is 16.2. The van der Waals surface area contributed by atoms with Crippen molar-refractivity contribution >= 4 is 23.7 Å². The lowest BCUT2D eigenvalue weighted by Gasteiger charge is -1.97. The number of hydrogen-bond acceptors (Lipinski definition) is 5. The first-order valence-corrected chi connectivity index (χ1v) is 7.26. The third kappa shape index (κ3) is 5.28. The van der Waals surface area contributed by atoms with Gasteiger partial charge in [-0.15, -0.1) is 0 Å². The molecule has 0 saturated heterocycles. The minimum Gasteiger partial charge on any atom is -0.430 e. The minimum absolute atomic E-state index is 0.114. The van der Waals surface area contributed by atoms with Crippen LogP contribution in [0.3, 0.4) is 0 Å². The molecule has 0 bridgehead atoms. The molecular weight excluding hydrogens is 315 g/mol. The van der Waals surface area contributed by atoms with Gasteiger partial charge in [-0.3, -0.25) is 5.43 Å². The fourth-order valence-electron chi connectivity index (χ4n) is 1.40. The summed E-state index contributed by atoms with van der Waals surface area (Å²) in [5, 5.41) is 4.24. The summed E-state index contributed by atoms with van der Waals surface area (Å²) in [6.45, 7) is 0. The monoisotopic (exact) mass is 327 g/mol. The van der Waals surface area contributed by atoms with E-state index in [1.54, 1.807) is 0 Å². The molecule has 116 valence electrons. The molecule has 1 aromatic carbocycles. The second-order valence-corrected chi connectivity index (χ2v) is 5.07. The number of hydrazone groups is 1. The highest BCUT2D eigenvalue weighted by atomic mass is 32.2. The van der Waals surface area contributed by atoms with Gasteiger partial charge in [-0.2, -0.15) is 13.9 Å². The lowest BCUT2D eigenvalue weighted by molar-refractivity contribution is 0.373. The van der Waals surface area contributed by atoms with Crippen LogP contribution in [0.1, 0.15) is 12.2 Å². The third-order valence-electron chi connectivity index (χ3n) is 2.41. The Hall–Kier alpha value is -2.22. The number of nitrogens with one attached hydrogen (secondary N) is 1. The van der Waals surface area contributed by atoms with E-state index in [1.165, 1.54) is 12.4 Å². The number of rotatable bonds is 7. The third-order valence-corrected chi connectivity index (χ3v) is 3.26. The summed E-state index contributed by atoms with van der Waals surface area (Å²) in [6, 6.07) is 9.33. The molecule has 2 aromatic rings. The van der Waals surface area contributed by atoms with Gasteiger partial charge in [-0.05, 0) is 12.1 Å². The standard InChI is InChI=1S/C14H12F3N3OS/c15-12(13(16)17)6-7-22-14-18-8-11(21-14)9-19-20-10-4-2-1-3-5-10/h1-5,8-9,20H,6-7H2/b19-9+. The van der Waals surface area contributed by atoms with E-state index in [4.69, 9.17) is 4.42 Å². The van der Waals surface area contributed by atoms with Crippen molar-refractivity contribution in [1.82, 2.24) is 4.98 Å². The fraction of sp³-hybridized carbons (Fsp3) is 0.143. The summed E-state index contributed by atoms with van der Waals surface area (Å²) < 4.78 is 41.6. The van der Waals surface area contributed by atoms with Crippen LogP contribution in [-0.2, 0) is 0 Å². The quantitative estimate of drug-likeness (QED) is 0.456. The normalized spacial score (nSPS) is 10.9. The van der Waals surface area contributed by atoms with Crippen molar-refractivity contribution < 1.29 is 17.6 Å². The van der Waals surface area contributed by atoms with E-state index in [-0.39, 0.29) is 17.4 Å². The highest BCUT2D eigenvalue weighted by Gasteiger charge is 2.07. The van der Waals surface area contributed by atoms with Crippen LogP contribution >= 0.6 is 11.8 Å². The zero-order valence-corrected chi connectivity index (χ0v) is 12.1. The number of aromatic nitrogens is 1. The van der Waals surface area contributed by atoms with Gasteiger partial charge in [0.15, 0.2) is 11.6 Å². The predicted octanol–water partition coefficient (Wildman–Crippen LogP) is 4.68. The van der Waals surface area contributed by atoms with Gasteiger partial charge in [0.05, 0.1) is 18.1 Å². The van der Waals surface area contributed by atoms with E-state index in [0.717, 1.165) is 17.4 Å². The Morgan fingerprint density at radius 1 is 1.27 bits per heavy atom. The molecule has 2 rings (SSSR count). The molecule has 22 heavy (non-hydrogen) atoms. The zero-order valence-electron chi connectivity index (χ0n) is 11.3. The summed E-state index contributed by atoms with van der Waals surface area (Å²) in [4.78, 5) is 3.93. The molecule has 0 aliphatic heterocycles. The number of nitrogens with zero attached hydrogens (tertiary/aromatic N) is 2. The van der Waals surface area contributed by atoms with Crippen molar-refractivity contribution in [3.8, 4) is 0 Å². The number of thioether (sulfide) groups is 1. The molecule has 4 nitrogen and oxygen atoms in total. The van der Waals surface area contributed by atoms with Crippen LogP contribution in [0.5, 0.6) is 0 Å². The first-order valence-electron chi connectivity index (χ1n) is 6.27. The maximum atomic E-state index is 12.6. The molecule has 1 aromatic heterocycles. The molecule has 0 aliphatic carbocycles. The topological polar surface area (TPSA) is 50.4 Å². The summed E-state index contributed by atoms with van der Waals surface area (Å²) >= 11 is 1.05. The van der Waals surface area contributed by atoms with Crippen LogP contribution in [0.4, 0.5) is 18.9 Å². The molecule has 0 aliphatic rings. The fourth-order valence-corrected chi connectivity index (χ4v) is 2.14. The van der Waals surface area contributed by atoms with Gasteiger partial charge >= 0.3 is 6.08 Å². The first-order chi connectivity index (χ1) is 10.6. The SMILES string of the molecule is FC(F)=C(F)CCSc1ncc(/C=N/Nc2ccccc2)o1. The van der Waals surface area contributed by atoms with E-state index in [9.17, 15) is 13.2 Å². The van der Waals surface area contributed by atoms with E-state index in [1.807, 2.05) is 30.3 Å². The molecule has 0 fully saturated rings. The lowest BCUT2D eigenvalue weighted by atomic mass is 10.3. The predicted molar refractivity (Wildman–Crippen MR) is 79.9 cm³/mol. The average Bonchev–Trinajstić information content (AvgIpc) is 2.96. The van der Waals surface area contributed by atoms with E-state index in [2.05, 4.69) is 15.5 Å². The molecular formula is C14H12F3N3OS. The number of hydrogen-bond donors (Lipinski definition) is 1. The van der Waals surface area contributed by atoms with Gasteiger partial charge in [0.25, 0.3) is 5.22 Å². The Kier molecular flexibility index (Phi) is 6.08. The smallest absolute Gasteiger partial charge is 0.301 e. The van der Waals surface area contributed by atoms with Gasteiger partial charge in [-0.25, -0.2) is 9.37 Å². The van der Waals surface area contributed by atoms with Crippen molar-refractivity contribution in [1.29, 1.82) is 0 Å². The second-order valence-electron chi connectivity index (χ2n) is 4.03.